The van der Waals surface area contributed by atoms with Gasteiger partial charge in [0.1, 0.15) is 6.10 Å². The monoisotopic (exact) mass is 397 g/mol. The molecule has 2 rings (SSSR count). The Balaban J connectivity index is 1.97. The molecule has 1 aliphatic rings. The van der Waals surface area contributed by atoms with Crippen LogP contribution in [-0.4, -0.2) is 41.8 Å². The molecule has 0 bridgehead atoms. The Morgan fingerprint density at radius 3 is 2.38 bits per heavy atom. The third-order valence-corrected chi connectivity index (χ3v) is 9.91. The first kappa shape index (κ1) is 21.5. The highest BCUT2D eigenvalue weighted by molar-refractivity contribution is 8.33. The molecule has 0 aromatic heterocycles. The number of hydrogen-bond acceptors (Lipinski definition) is 3. The van der Waals surface area contributed by atoms with Crippen molar-refractivity contribution in [3.63, 3.8) is 0 Å². The first-order chi connectivity index (χ1) is 12.0. The van der Waals surface area contributed by atoms with E-state index in [9.17, 15) is 4.79 Å². The van der Waals surface area contributed by atoms with Crippen molar-refractivity contribution < 1.29 is 9.53 Å². The summed E-state index contributed by atoms with van der Waals surface area (Å²) >= 11 is 1.79. The fourth-order valence-corrected chi connectivity index (χ4v) is 6.50. The Morgan fingerprint density at radius 1 is 1.23 bits per heavy atom. The zero-order valence-electron chi connectivity index (χ0n) is 17.3. The molecule has 1 aromatic rings. The molecule has 3 atom stereocenters. The number of benzene rings is 1. The van der Waals surface area contributed by atoms with E-state index >= 15 is 0 Å². The minimum atomic E-state index is -0.893. The van der Waals surface area contributed by atoms with Crippen molar-refractivity contribution >= 4 is 27.9 Å². The van der Waals surface area contributed by atoms with Crippen molar-refractivity contribution in [3.05, 3.63) is 24.3 Å². The summed E-state index contributed by atoms with van der Waals surface area (Å²) in [5.74, 6) is 0.618. The van der Waals surface area contributed by atoms with Gasteiger partial charge in [-0.1, -0.05) is 6.92 Å². The second-order valence-corrected chi connectivity index (χ2v) is 13.7. The highest BCUT2D eigenvalue weighted by Gasteiger charge is 2.36. The largest absolute Gasteiger partial charge is 0.446 e. The molecule has 148 valence electrons. The van der Waals surface area contributed by atoms with E-state index in [0.717, 1.165) is 19.3 Å². The lowest BCUT2D eigenvalue weighted by Gasteiger charge is -2.41. The molecule has 0 heterocycles. The molecule has 0 saturated heterocycles. The van der Waals surface area contributed by atoms with Gasteiger partial charge in [-0.3, -0.25) is 0 Å². The average Bonchev–Trinajstić information content (AvgIpc) is 3.00. The normalized spacial score (nSPS) is 22.7. The summed E-state index contributed by atoms with van der Waals surface area (Å²) in [5.41, 5.74) is -0.253. The van der Waals surface area contributed by atoms with Gasteiger partial charge in [-0.25, -0.2) is 14.8 Å². The van der Waals surface area contributed by atoms with E-state index in [4.69, 9.17) is 4.74 Å². The van der Waals surface area contributed by atoms with Crippen molar-refractivity contribution in [2.75, 3.05) is 18.8 Å². The smallest absolute Gasteiger partial charge is 0.407 e. The molecule has 1 fully saturated rings. The highest BCUT2D eigenvalue weighted by Crippen LogP contribution is 2.58. The van der Waals surface area contributed by atoms with Crippen LogP contribution < -0.4 is 5.32 Å². The molecule has 1 N–H and O–H groups in total. The number of nitrogens with one attached hydrogen (secondary N) is 1. The molecule has 3 nitrogen and oxygen atoms in total. The lowest BCUT2D eigenvalue weighted by molar-refractivity contribution is 0.0923. The lowest BCUT2D eigenvalue weighted by atomic mass is 10.1. The van der Waals surface area contributed by atoms with Crippen LogP contribution in [-0.2, 0) is 4.74 Å². The molecular weight excluding hydrogens is 362 g/mol. The molecule has 0 spiro atoms. The topological polar surface area (TPSA) is 38.3 Å². The number of alkyl carbamates (subject to hydrolysis) is 1. The predicted molar refractivity (Wildman–Crippen MR) is 116 cm³/mol. The standard InChI is InChI=1S/C21H35NO2S2/c1-15(26(6,7)19-12-10-18(25-5)11-13-19)16-8-9-17(14-16)24-20(23)22-21(2,3)4/h10-13,15-17H,8-9,14H2,1-7H3,(H,22,23). The maximum Gasteiger partial charge on any atom is 0.407 e. The average molecular weight is 398 g/mol. The molecule has 1 aromatic carbocycles. The highest BCUT2D eigenvalue weighted by atomic mass is 32.3. The van der Waals surface area contributed by atoms with Crippen LogP contribution in [0.2, 0.25) is 0 Å². The third kappa shape index (κ3) is 5.59. The van der Waals surface area contributed by atoms with Gasteiger partial charge in [0.25, 0.3) is 0 Å². The number of amides is 1. The van der Waals surface area contributed by atoms with Crippen LogP contribution in [0.25, 0.3) is 0 Å². The number of carbonyl (C=O) groups excluding carboxylic acids is 1. The van der Waals surface area contributed by atoms with Crippen molar-refractivity contribution in [1.82, 2.24) is 5.32 Å². The summed E-state index contributed by atoms with van der Waals surface area (Å²) in [6.07, 6.45) is 9.84. The van der Waals surface area contributed by atoms with Gasteiger partial charge in [-0.2, -0.15) is 0 Å². The fraction of sp³-hybridized carbons (Fsp3) is 0.667. The van der Waals surface area contributed by atoms with Gasteiger partial charge in [-0.15, -0.1) is 11.8 Å². The number of carbonyl (C=O) groups is 1. The number of rotatable bonds is 5. The van der Waals surface area contributed by atoms with Crippen LogP contribution in [0, 0.1) is 5.92 Å². The second kappa shape index (κ2) is 8.47. The predicted octanol–water partition coefficient (Wildman–Crippen LogP) is 5.91. The van der Waals surface area contributed by atoms with E-state index in [0.29, 0.717) is 11.2 Å². The van der Waals surface area contributed by atoms with E-state index in [-0.39, 0.29) is 17.7 Å². The van der Waals surface area contributed by atoms with Gasteiger partial charge in [-0.05, 0) is 99.1 Å². The summed E-state index contributed by atoms with van der Waals surface area (Å²) in [5, 5.41) is 3.51. The van der Waals surface area contributed by atoms with Crippen LogP contribution in [0.4, 0.5) is 4.79 Å². The molecule has 1 aliphatic carbocycles. The Morgan fingerprint density at radius 2 is 1.85 bits per heavy atom. The van der Waals surface area contributed by atoms with Gasteiger partial charge in [0, 0.05) is 10.4 Å². The van der Waals surface area contributed by atoms with Crippen LogP contribution >= 0.6 is 21.8 Å². The zero-order valence-corrected chi connectivity index (χ0v) is 18.9. The van der Waals surface area contributed by atoms with E-state index in [2.05, 4.69) is 55.3 Å². The fourth-order valence-electron chi connectivity index (χ4n) is 3.62. The summed E-state index contributed by atoms with van der Waals surface area (Å²) in [7, 11) is -0.893. The Bertz CT molecular complexity index is 607. The molecule has 1 saturated carbocycles. The molecule has 0 radical (unpaired) electrons. The summed E-state index contributed by atoms with van der Waals surface area (Å²) in [4.78, 5) is 14.8. The van der Waals surface area contributed by atoms with Crippen molar-refractivity contribution in [2.24, 2.45) is 5.92 Å². The van der Waals surface area contributed by atoms with Crippen LogP contribution in [0.1, 0.15) is 47.0 Å². The van der Waals surface area contributed by atoms with Gasteiger partial charge in [0.05, 0.1) is 0 Å². The van der Waals surface area contributed by atoms with Crippen molar-refractivity contribution in [1.29, 1.82) is 0 Å². The Kier molecular flexibility index (Phi) is 7.00. The van der Waals surface area contributed by atoms with E-state index in [1.54, 1.807) is 11.8 Å². The summed E-state index contributed by atoms with van der Waals surface area (Å²) in [6, 6.07) is 9.08. The lowest BCUT2D eigenvalue weighted by Crippen LogP contribution is -2.42. The number of hydrogen-bond donors (Lipinski definition) is 1. The molecule has 5 heteroatoms. The van der Waals surface area contributed by atoms with Crippen LogP contribution in [0.15, 0.2) is 34.1 Å². The van der Waals surface area contributed by atoms with E-state index < -0.39 is 10.0 Å². The molecular formula is C21H35NO2S2. The molecule has 1 amide bonds. The van der Waals surface area contributed by atoms with Crippen molar-refractivity contribution in [2.45, 2.75) is 73.6 Å². The maximum atomic E-state index is 12.0. The second-order valence-electron chi connectivity index (χ2n) is 8.76. The van der Waals surface area contributed by atoms with E-state index in [1.165, 1.54) is 9.79 Å². The van der Waals surface area contributed by atoms with Gasteiger partial charge < -0.3 is 10.1 Å². The SMILES string of the molecule is CSc1ccc(S(C)(C)C(C)C2CCC(OC(=O)NC(C)(C)C)C2)cc1. The minimum absolute atomic E-state index is 0.0545. The minimum Gasteiger partial charge on any atom is -0.446 e. The molecule has 26 heavy (non-hydrogen) atoms. The summed E-state index contributed by atoms with van der Waals surface area (Å²) in [6.45, 7) is 8.31. The summed E-state index contributed by atoms with van der Waals surface area (Å²) < 4.78 is 5.67. The van der Waals surface area contributed by atoms with Crippen LogP contribution in [0.5, 0.6) is 0 Å². The van der Waals surface area contributed by atoms with Crippen molar-refractivity contribution in [3.8, 4) is 0 Å². The Hall–Kier alpha value is -0.810. The molecule has 3 unspecified atom stereocenters. The maximum absolute atomic E-state index is 12.0. The van der Waals surface area contributed by atoms with E-state index in [1.807, 2.05) is 20.8 Å². The number of thioether (sulfide) groups is 1. The third-order valence-electron chi connectivity index (χ3n) is 5.44. The first-order valence-corrected chi connectivity index (χ1v) is 13.1. The zero-order chi connectivity index (χ0) is 19.5. The first-order valence-electron chi connectivity index (χ1n) is 9.38. The van der Waals surface area contributed by atoms with Gasteiger partial charge in [0.15, 0.2) is 0 Å². The Labute approximate surface area is 165 Å². The van der Waals surface area contributed by atoms with Gasteiger partial charge in [0.2, 0.25) is 0 Å². The quantitative estimate of drug-likeness (QED) is 0.627. The molecule has 0 aliphatic heterocycles. The van der Waals surface area contributed by atoms with Gasteiger partial charge >= 0.3 is 6.09 Å². The van der Waals surface area contributed by atoms with Crippen LogP contribution in [0.3, 0.4) is 0 Å². The number of ether oxygens (including phenoxy) is 1.